The van der Waals surface area contributed by atoms with Gasteiger partial charge < -0.3 is 4.74 Å². The zero-order valence-corrected chi connectivity index (χ0v) is 15.3. The molecule has 4 atom stereocenters. The zero-order valence-electron chi connectivity index (χ0n) is 15.3. The monoisotopic (exact) mass is 372 g/mol. The third-order valence-corrected chi connectivity index (χ3v) is 6.19. The zero-order chi connectivity index (χ0) is 18.7. The molecule has 4 unspecified atom stereocenters. The molecule has 0 aliphatic heterocycles. The largest absolute Gasteiger partial charge is 0.419 e. The van der Waals surface area contributed by atoms with E-state index in [0.29, 0.717) is 17.9 Å². The van der Waals surface area contributed by atoms with Crippen LogP contribution >= 0.6 is 0 Å². The van der Waals surface area contributed by atoms with Crippen molar-refractivity contribution < 1.29 is 22.3 Å². The maximum Gasteiger partial charge on any atom is 0.419 e. The van der Waals surface area contributed by atoms with E-state index in [-0.39, 0.29) is 5.92 Å². The number of halogens is 4. The summed E-state index contributed by atoms with van der Waals surface area (Å²) in [6.07, 6.45) is 4.20. The maximum atomic E-state index is 13.9. The first-order valence-electron chi connectivity index (χ1n) is 9.86. The van der Waals surface area contributed by atoms with Crippen molar-refractivity contribution in [1.82, 2.24) is 0 Å². The molecule has 0 spiro atoms. The number of hydrogen-bond acceptors (Lipinski definition) is 1. The van der Waals surface area contributed by atoms with E-state index in [9.17, 15) is 17.6 Å². The Hall–Kier alpha value is -1.10. The number of rotatable bonds is 5. The Balaban J connectivity index is 1.59. The Morgan fingerprint density at radius 2 is 1.77 bits per heavy atom. The molecule has 1 aromatic rings. The van der Waals surface area contributed by atoms with Crippen LogP contribution in [0.5, 0.6) is 0 Å². The SMILES string of the molecule is CCCCOC1CCC2CC(c3ccc(C(F)(F)F)c(F)c3)CCC2C1. The average molecular weight is 372 g/mol. The third kappa shape index (κ3) is 4.59. The van der Waals surface area contributed by atoms with E-state index in [1.807, 2.05) is 0 Å². The number of alkyl halides is 3. The fraction of sp³-hybridized carbons (Fsp3) is 0.714. The molecule has 2 aliphatic carbocycles. The summed E-state index contributed by atoms with van der Waals surface area (Å²) in [7, 11) is 0. The van der Waals surface area contributed by atoms with Crippen LogP contribution in [0.2, 0.25) is 0 Å². The number of hydrogen-bond donors (Lipinski definition) is 0. The lowest BCUT2D eigenvalue weighted by Crippen LogP contribution is -2.34. The smallest absolute Gasteiger partial charge is 0.378 e. The van der Waals surface area contributed by atoms with Crippen LogP contribution in [0, 0.1) is 17.7 Å². The Labute approximate surface area is 153 Å². The van der Waals surface area contributed by atoms with Crippen LogP contribution in [0.3, 0.4) is 0 Å². The van der Waals surface area contributed by atoms with E-state index >= 15 is 0 Å². The molecule has 3 rings (SSSR count). The Morgan fingerprint density at radius 3 is 2.46 bits per heavy atom. The number of unbranched alkanes of at least 4 members (excludes halogenated alkanes) is 1. The summed E-state index contributed by atoms with van der Waals surface area (Å²) < 4.78 is 58.1. The maximum absolute atomic E-state index is 13.9. The summed E-state index contributed by atoms with van der Waals surface area (Å²) in [4.78, 5) is 0. The summed E-state index contributed by atoms with van der Waals surface area (Å²) in [6, 6.07) is 3.47. The van der Waals surface area contributed by atoms with Crippen LogP contribution in [0.25, 0.3) is 0 Å². The predicted octanol–water partition coefficient (Wildman–Crippen LogP) is 6.71. The van der Waals surface area contributed by atoms with Crippen LogP contribution < -0.4 is 0 Å². The van der Waals surface area contributed by atoms with Crippen molar-refractivity contribution in [2.75, 3.05) is 6.61 Å². The molecule has 0 aromatic heterocycles. The van der Waals surface area contributed by atoms with Crippen LogP contribution in [-0.4, -0.2) is 12.7 Å². The van der Waals surface area contributed by atoms with Gasteiger partial charge in [0.05, 0.1) is 11.7 Å². The van der Waals surface area contributed by atoms with Crippen molar-refractivity contribution in [2.24, 2.45) is 11.8 Å². The van der Waals surface area contributed by atoms with E-state index < -0.39 is 17.6 Å². The lowest BCUT2D eigenvalue weighted by Gasteiger charge is -2.42. The molecule has 0 saturated heterocycles. The molecular formula is C21H28F4O. The van der Waals surface area contributed by atoms with Crippen molar-refractivity contribution in [3.63, 3.8) is 0 Å². The molecular weight excluding hydrogens is 344 g/mol. The lowest BCUT2D eigenvalue weighted by atomic mass is 9.65. The normalized spacial score (nSPS) is 29.4. The molecule has 0 N–H and O–H groups in total. The molecule has 5 heteroatoms. The van der Waals surface area contributed by atoms with Gasteiger partial charge in [0.15, 0.2) is 0 Å². The van der Waals surface area contributed by atoms with Gasteiger partial charge in [0.25, 0.3) is 0 Å². The van der Waals surface area contributed by atoms with E-state index in [0.717, 1.165) is 75.7 Å². The standard InChI is InChI=1S/C21H28F4O/c1-2-3-10-26-18-8-6-15-11-14(4-5-16(15)12-18)17-7-9-19(20(22)13-17)21(23,24)25/h7,9,13-16,18H,2-6,8,10-12H2,1H3. The van der Waals surface area contributed by atoms with E-state index in [2.05, 4.69) is 6.92 Å². The Bertz CT molecular complexity index is 598. The number of fused-ring (bicyclic) bond motifs is 1. The fourth-order valence-corrected chi connectivity index (χ4v) is 4.71. The third-order valence-electron chi connectivity index (χ3n) is 6.19. The minimum atomic E-state index is -4.63. The molecule has 0 bridgehead atoms. The molecule has 1 aromatic carbocycles. The van der Waals surface area contributed by atoms with E-state index in [1.54, 1.807) is 0 Å². The molecule has 2 saturated carbocycles. The van der Waals surface area contributed by atoms with Gasteiger partial charge in [-0.05, 0) is 80.4 Å². The second-order valence-electron chi connectivity index (χ2n) is 7.93. The lowest BCUT2D eigenvalue weighted by molar-refractivity contribution is -0.140. The first-order chi connectivity index (χ1) is 12.4. The van der Waals surface area contributed by atoms with Crippen LogP contribution in [0.15, 0.2) is 18.2 Å². The van der Waals surface area contributed by atoms with Crippen LogP contribution in [0.1, 0.15) is 75.3 Å². The first kappa shape index (κ1) is 19.7. The molecule has 26 heavy (non-hydrogen) atoms. The van der Waals surface area contributed by atoms with Crippen molar-refractivity contribution in [2.45, 2.75) is 76.5 Å². The Morgan fingerprint density at radius 1 is 1.04 bits per heavy atom. The van der Waals surface area contributed by atoms with Crippen molar-refractivity contribution >= 4 is 0 Å². The molecule has 146 valence electrons. The summed E-state index contributed by atoms with van der Waals surface area (Å²) in [5, 5.41) is 0. The molecule has 0 heterocycles. The van der Waals surface area contributed by atoms with Gasteiger partial charge in [0.2, 0.25) is 0 Å². The summed E-state index contributed by atoms with van der Waals surface area (Å²) >= 11 is 0. The van der Waals surface area contributed by atoms with Gasteiger partial charge in [-0.15, -0.1) is 0 Å². The van der Waals surface area contributed by atoms with Gasteiger partial charge in [0, 0.05) is 6.61 Å². The molecule has 2 fully saturated rings. The summed E-state index contributed by atoms with van der Waals surface area (Å²) in [5.41, 5.74) is -0.449. The van der Waals surface area contributed by atoms with Gasteiger partial charge in [-0.1, -0.05) is 19.4 Å². The van der Waals surface area contributed by atoms with Gasteiger partial charge in [0.1, 0.15) is 5.82 Å². The van der Waals surface area contributed by atoms with Crippen LogP contribution in [-0.2, 0) is 10.9 Å². The van der Waals surface area contributed by atoms with Crippen molar-refractivity contribution in [3.8, 4) is 0 Å². The minimum Gasteiger partial charge on any atom is -0.378 e. The molecule has 0 radical (unpaired) electrons. The van der Waals surface area contributed by atoms with Crippen molar-refractivity contribution in [1.29, 1.82) is 0 Å². The van der Waals surface area contributed by atoms with Gasteiger partial charge >= 0.3 is 6.18 Å². The topological polar surface area (TPSA) is 9.23 Å². The second-order valence-corrected chi connectivity index (χ2v) is 7.93. The van der Waals surface area contributed by atoms with E-state index in [4.69, 9.17) is 4.74 Å². The summed E-state index contributed by atoms with van der Waals surface area (Å²) in [6.45, 7) is 3.00. The number of ether oxygens (including phenoxy) is 1. The first-order valence-corrected chi connectivity index (χ1v) is 9.86. The van der Waals surface area contributed by atoms with Gasteiger partial charge in [-0.2, -0.15) is 13.2 Å². The Kier molecular flexibility index (Phi) is 6.26. The molecule has 1 nitrogen and oxygen atoms in total. The van der Waals surface area contributed by atoms with Crippen molar-refractivity contribution in [3.05, 3.63) is 35.1 Å². The second kappa shape index (κ2) is 8.28. The van der Waals surface area contributed by atoms with Gasteiger partial charge in [-0.3, -0.25) is 0 Å². The molecule has 0 amide bonds. The highest BCUT2D eigenvalue weighted by Gasteiger charge is 2.38. The van der Waals surface area contributed by atoms with Gasteiger partial charge in [-0.25, -0.2) is 4.39 Å². The minimum absolute atomic E-state index is 0.172. The number of benzene rings is 1. The van der Waals surface area contributed by atoms with Crippen LogP contribution in [0.4, 0.5) is 17.6 Å². The highest BCUT2D eigenvalue weighted by atomic mass is 19.4. The fourth-order valence-electron chi connectivity index (χ4n) is 4.71. The average Bonchev–Trinajstić information content (AvgIpc) is 2.60. The summed E-state index contributed by atoms with van der Waals surface area (Å²) in [5.74, 6) is 0.256. The molecule has 2 aliphatic rings. The highest BCUT2D eigenvalue weighted by Crippen LogP contribution is 2.47. The highest BCUT2D eigenvalue weighted by molar-refractivity contribution is 5.29. The van der Waals surface area contributed by atoms with E-state index in [1.165, 1.54) is 6.07 Å². The predicted molar refractivity (Wildman–Crippen MR) is 93.5 cm³/mol. The quantitative estimate of drug-likeness (QED) is 0.412.